The Morgan fingerprint density at radius 2 is 1.42 bits per heavy atom. The standard InChI is InChI=1S/C14H9F7N2O/c15-8-7(14(19,20)21)9(16)11(18)12(10(8)17)23-13(24)5-3-1-2-4-6(5)22-23/h22H,1-4H2. The number of alkyl halides is 3. The monoisotopic (exact) mass is 354 g/mol. The van der Waals surface area contributed by atoms with Crippen LogP contribution in [0.1, 0.15) is 29.7 Å². The van der Waals surface area contributed by atoms with Gasteiger partial charge in [-0.05, 0) is 25.7 Å². The van der Waals surface area contributed by atoms with Crippen LogP contribution in [0.4, 0.5) is 30.7 Å². The molecule has 0 bridgehead atoms. The van der Waals surface area contributed by atoms with Gasteiger partial charge in [0.2, 0.25) is 0 Å². The van der Waals surface area contributed by atoms with Crippen LogP contribution in [-0.2, 0) is 19.0 Å². The fourth-order valence-corrected chi connectivity index (χ4v) is 2.81. The second-order valence-corrected chi connectivity index (χ2v) is 5.39. The molecule has 1 aromatic heterocycles. The van der Waals surface area contributed by atoms with Gasteiger partial charge in [-0.2, -0.15) is 13.2 Å². The molecule has 10 heteroatoms. The summed E-state index contributed by atoms with van der Waals surface area (Å²) in [7, 11) is 0. The summed E-state index contributed by atoms with van der Waals surface area (Å²) < 4.78 is 93.3. The van der Waals surface area contributed by atoms with Crippen molar-refractivity contribution in [1.29, 1.82) is 0 Å². The number of nitrogens with zero attached hydrogens (tertiary/aromatic N) is 1. The number of aromatic amines is 1. The van der Waals surface area contributed by atoms with Gasteiger partial charge in [0.15, 0.2) is 23.3 Å². The molecule has 0 unspecified atom stereocenters. The van der Waals surface area contributed by atoms with Crippen LogP contribution < -0.4 is 5.56 Å². The summed E-state index contributed by atoms with van der Waals surface area (Å²) in [5, 5.41) is 2.32. The minimum Gasteiger partial charge on any atom is -0.295 e. The highest BCUT2D eigenvalue weighted by molar-refractivity contribution is 5.42. The molecule has 1 aromatic carbocycles. The van der Waals surface area contributed by atoms with Gasteiger partial charge < -0.3 is 0 Å². The van der Waals surface area contributed by atoms with E-state index < -0.39 is 46.3 Å². The largest absolute Gasteiger partial charge is 0.422 e. The van der Waals surface area contributed by atoms with E-state index in [4.69, 9.17) is 0 Å². The summed E-state index contributed by atoms with van der Waals surface area (Å²) in [6.07, 6.45) is -3.62. The summed E-state index contributed by atoms with van der Waals surface area (Å²) in [4.78, 5) is 12.2. The zero-order valence-electron chi connectivity index (χ0n) is 11.8. The second-order valence-electron chi connectivity index (χ2n) is 5.39. The zero-order chi connectivity index (χ0) is 17.8. The first-order valence-electron chi connectivity index (χ1n) is 6.90. The Labute approximate surface area is 129 Å². The molecule has 2 aromatic rings. The molecule has 0 saturated heterocycles. The SMILES string of the molecule is O=c1c2c([nH]n1-c1c(F)c(F)c(C(F)(F)F)c(F)c1F)CCCC2. The van der Waals surface area contributed by atoms with Gasteiger partial charge in [-0.3, -0.25) is 9.89 Å². The van der Waals surface area contributed by atoms with Gasteiger partial charge in [0.25, 0.3) is 5.56 Å². The molecule has 0 aliphatic heterocycles. The Kier molecular flexibility index (Phi) is 3.72. The molecule has 1 N–H and O–H groups in total. The van der Waals surface area contributed by atoms with Crippen molar-refractivity contribution in [2.24, 2.45) is 0 Å². The molecule has 1 aliphatic rings. The van der Waals surface area contributed by atoms with Crippen LogP contribution in [-0.4, -0.2) is 9.78 Å². The lowest BCUT2D eigenvalue weighted by molar-refractivity contribution is -0.143. The third kappa shape index (κ3) is 2.31. The van der Waals surface area contributed by atoms with E-state index in [0.29, 0.717) is 31.4 Å². The van der Waals surface area contributed by atoms with Crippen molar-refractivity contribution in [2.45, 2.75) is 31.9 Å². The van der Waals surface area contributed by atoms with Gasteiger partial charge in [-0.25, -0.2) is 22.2 Å². The molecule has 0 atom stereocenters. The van der Waals surface area contributed by atoms with Crippen LogP contribution in [0.5, 0.6) is 0 Å². The van der Waals surface area contributed by atoms with Crippen molar-refractivity contribution >= 4 is 0 Å². The van der Waals surface area contributed by atoms with E-state index in [1.807, 2.05) is 0 Å². The Hall–Kier alpha value is -2.26. The van der Waals surface area contributed by atoms with Crippen molar-refractivity contribution in [3.05, 3.63) is 50.4 Å². The van der Waals surface area contributed by atoms with Crippen molar-refractivity contribution in [1.82, 2.24) is 9.78 Å². The molecule has 0 saturated carbocycles. The molecular formula is C14H9F7N2O. The molecule has 3 rings (SSSR count). The molecule has 0 fully saturated rings. The number of H-pyrrole nitrogens is 1. The predicted molar refractivity (Wildman–Crippen MR) is 67.9 cm³/mol. The lowest BCUT2D eigenvalue weighted by atomic mass is 9.98. The number of halogens is 7. The van der Waals surface area contributed by atoms with Gasteiger partial charge in [-0.1, -0.05) is 0 Å². The van der Waals surface area contributed by atoms with Crippen LogP contribution in [0.2, 0.25) is 0 Å². The molecule has 0 radical (unpaired) electrons. The van der Waals surface area contributed by atoms with E-state index in [2.05, 4.69) is 5.10 Å². The van der Waals surface area contributed by atoms with Crippen LogP contribution in [0.15, 0.2) is 4.79 Å². The van der Waals surface area contributed by atoms with Crippen molar-refractivity contribution < 1.29 is 30.7 Å². The van der Waals surface area contributed by atoms with Crippen molar-refractivity contribution in [3.8, 4) is 5.69 Å². The van der Waals surface area contributed by atoms with Crippen LogP contribution in [0.3, 0.4) is 0 Å². The summed E-state index contributed by atoms with van der Waals surface area (Å²) in [5.41, 5.74) is -4.62. The summed E-state index contributed by atoms with van der Waals surface area (Å²) in [6.45, 7) is 0. The van der Waals surface area contributed by atoms with E-state index in [0.717, 1.165) is 0 Å². The molecule has 1 aliphatic carbocycles. The summed E-state index contributed by atoms with van der Waals surface area (Å²) >= 11 is 0. The average molecular weight is 354 g/mol. The van der Waals surface area contributed by atoms with Crippen molar-refractivity contribution in [2.75, 3.05) is 0 Å². The van der Waals surface area contributed by atoms with Crippen LogP contribution in [0, 0.1) is 23.3 Å². The normalized spacial score (nSPS) is 14.8. The average Bonchev–Trinajstić information content (AvgIpc) is 2.82. The first-order chi connectivity index (χ1) is 11.1. The summed E-state index contributed by atoms with van der Waals surface area (Å²) in [5.74, 6) is -9.78. The van der Waals surface area contributed by atoms with Gasteiger partial charge >= 0.3 is 6.18 Å². The Balaban J connectivity index is 2.32. The molecule has 0 spiro atoms. The fraction of sp³-hybridized carbons (Fsp3) is 0.357. The lowest BCUT2D eigenvalue weighted by Gasteiger charge is -2.14. The maximum absolute atomic E-state index is 14.0. The quantitative estimate of drug-likeness (QED) is 0.617. The second kappa shape index (κ2) is 5.38. The topological polar surface area (TPSA) is 37.8 Å². The summed E-state index contributed by atoms with van der Waals surface area (Å²) in [6, 6.07) is 0. The Bertz CT molecular complexity index is 850. The molecule has 0 amide bonds. The molecule has 24 heavy (non-hydrogen) atoms. The van der Waals surface area contributed by atoms with E-state index in [1.165, 1.54) is 0 Å². The Morgan fingerprint density at radius 1 is 0.875 bits per heavy atom. The van der Waals surface area contributed by atoms with Crippen molar-refractivity contribution in [3.63, 3.8) is 0 Å². The maximum Gasteiger partial charge on any atom is 0.422 e. The van der Waals surface area contributed by atoms with Gasteiger partial charge in [0, 0.05) is 11.3 Å². The first-order valence-corrected chi connectivity index (χ1v) is 6.90. The number of hydrogen-bond acceptors (Lipinski definition) is 1. The molecule has 3 nitrogen and oxygen atoms in total. The Morgan fingerprint density at radius 3 is 1.92 bits per heavy atom. The molecule has 130 valence electrons. The van der Waals surface area contributed by atoms with Gasteiger partial charge in [0.1, 0.15) is 11.3 Å². The number of aromatic nitrogens is 2. The highest BCUT2D eigenvalue weighted by atomic mass is 19.4. The van der Waals surface area contributed by atoms with Gasteiger partial charge in [-0.15, -0.1) is 0 Å². The number of rotatable bonds is 1. The minimum atomic E-state index is -5.63. The third-order valence-corrected chi connectivity index (χ3v) is 3.92. The predicted octanol–water partition coefficient (Wildman–Crippen LogP) is 3.62. The highest BCUT2D eigenvalue weighted by Crippen LogP contribution is 2.37. The number of benzene rings is 1. The lowest BCUT2D eigenvalue weighted by Crippen LogP contribution is -2.24. The molecular weight excluding hydrogens is 345 g/mol. The zero-order valence-corrected chi connectivity index (χ0v) is 11.8. The number of hydrogen-bond donors (Lipinski definition) is 1. The fourth-order valence-electron chi connectivity index (χ4n) is 2.81. The number of nitrogens with one attached hydrogen (secondary N) is 1. The van der Waals surface area contributed by atoms with E-state index in [-0.39, 0.29) is 10.2 Å². The van der Waals surface area contributed by atoms with E-state index >= 15 is 0 Å². The smallest absolute Gasteiger partial charge is 0.295 e. The van der Waals surface area contributed by atoms with Crippen LogP contribution in [0.25, 0.3) is 5.69 Å². The van der Waals surface area contributed by atoms with Gasteiger partial charge in [0.05, 0.1) is 0 Å². The van der Waals surface area contributed by atoms with E-state index in [9.17, 15) is 35.5 Å². The van der Waals surface area contributed by atoms with E-state index in [1.54, 1.807) is 0 Å². The molecule has 1 heterocycles. The third-order valence-electron chi connectivity index (χ3n) is 3.92. The maximum atomic E-state index is 14.0. The number of aryl methyl sites for hydroxylation is 1. The highest BCUT2D eigenvalue weighted by Gasteiger charge is 2.43. The first kappa shape index (κ1) is 16.6. The minimum absolute atomic E-state index is 0.195. The number of fused-ring (bicyclic) bond motifs is 1. The van der Waals surface area contributed by atoms with Crippen LogP contribution >= 0.6 is 0 Å².